The van der Waals surface area contributed by atoms with Gasteiger partial charge >= 0.3 is 0 Å². The Balaban J connectivity index is 1.25. The van der Waals surface area contributed by atoms with E-state index in [1.54, 1.807) is 11.0 Å². The second-order valence-electron chi connectivity index (χ2n) is 10.2. The molecule has 6 nitrogen and oxygen atoms in total. The monoisotopic (exact) mass is 467 g/mol. The minimum atomic E-state index is -0.0357. The van der Waals surface area contributed by atoms with E-state index in [0.717, 1.165) is 46.3 Å². The van der Waals surface area contributed by atoms with Crippen LogP contribution in [0.2, 0.25) is 0 Å². The molecule has 0 bridgehead atoms. The van der Waals surface area contributed by atoms with Gasteiger partial charge in [-0.05, 0) is 81.8 Å². The average molecular weight is 468 g/mol. The topological polar surface area (TPSA) is 53.7 Å². The summed E-state index contributed by atoms with van der Waals surface area (Å²) in [6.45, 7) is 6.43. The van der Waals surface area contributed by atoms with Crippen LogP contribution in [0.5, 0.6) is 0 Å². The number of piperidine rings is 1. The van der Waals surface area contributed by atoms with Crippen molar-refractivity contribution in [3.8, 4) is 0 Å². The van der Waals surface area contributed by atoms with Gasteiger partial charge in [0, 0.05) is 29.6 Å². The molecule has 6 rings (SSSR count). The van der Waals surface area contributed by atoms with Gasteiger partial charge in [0.05, 0.1) is 28.8 Å². The quantitative estimate of drug-likeness (QED) is 0.636. The van der Waals surface area contributed by atoms with Crippen molar-refractivity contribution in [2.45, 2.75) is 58.4 Å². The lowest BCUT2D eigenvalue weighted by atomic mass is 9.84. The van der Waals surface area contributed by atoms with E-state index in [1.807, 2.05) is 41.9 Å². The predicted molar refractivity (Wildman–Crippen MR) is 138 cm³/mol. The summed E-state index contributed by atoms with van der Waals surface area (Å²) >= 11 is 0. The zero-order valence-electron chi connectivity index (χ0n) is 20.7. The van der Waals surface area contributed by atoms with E-state index in [1.165, 1.54) is 50.8 Å². The molecule has 1 saturated carbocycles. The summed E-state index contributed by atoms with van der Waals surface area (Å²) in [5.74, 6) is 0.481. The molecule has 2 fully saturated rings. The highest BCUT2D eigenvalue weighted by atomic mass is 16.2. The van der Waals surface area contributed by atoms with Gasteiger partial charge in [-0.1, -0.05) is 31.6 Å². The van der Waals surface area contributed by atoms with Crippen molar-refractivity contribution < 1.29 is 4.79 Å². The van der Waals surface area contributed by atoms with Crippen LogP contribution in [0.25, 0.3) is 11.1 Å². The summed E-state index contributed by atoms with van der Waals surface area (Å²) in [4.78, 5) is 22.6. The number of carbonyl (C=O) groups is 1. The number of nitrogens with zero attached hydrogens (tertiary/aromatic N) is 5. The highest BCUT2D eigenvalue weighted by Gasteiger charge is 2.30. The van der Waals surface area contributed by atoms with Crippen LogP contribution in [0.4, 0.5) is 0 Å². The van der Waals surface area contributed by atoms with E-state index in [-0.39, 0.29) is 5.91 Å². The maximum absolute atomic E-state index is 13.4. The summed E-state index contributed by atoms with van der Waals surface area (Å²) in [6.07, 6.45) is 23.3. The maximum Gasteiger partial charge on any atom is 0.255 e. The van der Waals surface area contributed by atoms with Gasteiger partial charge in [0.1, 0.15) is 0 Å². The number of hydrogen-bond acceptors (Lipinski definition) is 4. The highest BCUT2D eigenvalue weighted by Crippen LogP contribution is 2.34. The standard InChI is InChI=1S/C29H33N5O/c1-3-26-28-17-27(31-34(28)18-20(2)30-26)22-6-4-9-25-11-10-23(19-33(25)29(35)16-22)21-12-14-32(15-13-21)24-7-5-8-24/h4,6,9-11,16-19,21,24H,3,5,7-8,12-15H2,1-2H3/b6-4+,22-16+,25-9+. The molecule has 3 aliphatic heterocycles. The molecule has 1 amide bonds. The molecule has 2 aromatic heterocycles. The van der Waals surface area contributed by atoms with Gasteiger partial charge in [-0.15, -0.1) is 0 Å². The fourth-order valence-electron chi connectivity index (χ4n) is 5.69. The number of likely N-dealkylation sites (tertiary alicyclic amines) is 1. The van der Waals surface area contributed by atoms with Crippen LogP contribution in [0.15, 0.2) is 66.2 Å². The van der Waals surface area contributed by atoms with Crippen LogP contribution in [-0.4, -0.2) is 49.4 Å². The number of rotatable bonds is 4. The van der Waals surface area contributed by atoms with Crippen molar-refractivity contribution in [1.82, 2.24) is 24.4 Å². The molecule has 0 radical (unpaired) electrons. The van der Waals surface area contributed by atoms with Gasteiger partial charge in [0.25, 0.3) is 5.91 Å². The number of amides is 1. The predicted octanol–water partition coefficient (Wildman–Crippen LogP) is 4.98. The fourth-order valence-corrected chi connectivity index (χ4v) is 5.69. The van der Waals surface area contributed by atoms with Crippen molar-refractivity contribution >= 4 is 17.0 Å². The fraction of sp³-hybridized carbons (Fsp3) is 0.414. The van der Waals surface area contributed by atoms with Crippen molar-refractivity contribution in [3.05, 3.63) is 83.3 Å². The molecule has 0 unspecified atom stereocenters. The Morgan fingerprint density at radius 3 is 2.66 bits per heavy atom. The SMILES string of the molecule is CCc1nc(C)cn2nc(C3=C\C(=O)N4C=C(C5CCN(C6CCC6)CC5)C=C\C4=C/C=C/3)cc12. The number of aromatic nitrogens is 3. The molecule has 0 atom stereocenters. The summed E-state index contributed by atoms with van der Waals surface area (Å²) in [5, 5.41) is 4.77. The number of hydrogen-bond donors (Lipinski definition) is 0. The zero-order chi connectivity index (χ0) is 23.9. The minimum Gasteiger partial charge on any atom is -0.300 e. The molecule has 1 saturated heterocycles. The largest absolute Gasteiger partial charge is 0.300 e. The van der Waals surface area contributed by atoms with Crippen LogP contribution in [-0.2, 0) is 11.2 Å². The molecular weight excluding hydrogens is 434 g/mol. The Morgan fingerprint density at radius 1 is 1.09 bits per heavy atom. The molecule has 2 aromatic rings. The van der Waals surface area contributed by atoms with E-state index >= 15 is 0 Å². The zero-order valence-corrected chi connectivity index (χ0v) is 20.7. The summed E-state index contributed by atoms with van der Waals surface area (Å²) in [5.41, 5.74) is 6.71. The molecule has 35 heavy (non-hydrogen) atoms. The lowest BCUT2D eigenvalue weighted by Crippen LogP contribution is -2.45. The molecule has 5 heterocycles. The highest BCUT2D eigenvalue weighted by molar-refractivity contribution is 5.99. The third-order valence-corrected chi connectivity index (χ3v) is 7.94. The van der Waals surface area contributed by atoms with Crippen LogP contribution < -0.4 is 0 Å². The van der Waals surface area contributed by atoms with Gasteiger partial charge in [-0.3, -0.25) is 14.7 Å². The molecule has 0 N–H and O–H groups in total. The van der Waals surface area contributed by atoms with Gasteiger partial charge < -0.3 is 4.90 Å². The Bertz CT molecular complexity index is 1310. The minimum absolute atomic E-state index is 0.0357. The third-order valence-electron chi connectivity index (χ3n) is 7.94. The van der Waals surface area contributed by atoms with E-state index in [9.17, 15) is 4.79 Å². The first-order valence-electron chi connectivity index (χ1n) is 13.0. The van der Waals surface area contributed by atoms with E-state index in [0.29, 0.717) is 5.92 Å². The Morgan fingerprint density at radius 2 is 1.91 bits per heavy atom. The van der Waals surface area contributed by atoms with Crippen LogP contribution in [0.3, 0.4) is 0 Å². The number of allylic oxidation sites excluding steroid dienone is 7. The van der Waals surface area contributed by atoms with Crippen molar-refractivity contribution in [1.29, 1.82) is 0 Å². The second-order valence-corrected chi connectivity index (χ2v) is 10.2. The smallest absolute Gasteiger partial charge is 0.255 e. The average Bonchev–Trinajstić information content (AvgIpc) is 3.25. The third kappa shape index (κ3) is 4.20. The van der Waals surface area contributed by atoms with E-state index in [2.05, 4.69) is 35.2 Å². The first-order valence-corrected chi connectivity index (χ1v) is 13.0. The summed E-state index contributed by atoms with van der Waals surface area (Å²) in [6, 6.07) is 2.86. The Kier molecular flexibility index (Phi) is 5.77. The molecule has 6 heteroatoms. The lowest BCUT2D eigenvalue weighted by Gasteiger charge is -2.42. The molecular formula is C29H33N5O. The van der Waals surface area contributed by atoms with Crippen LogP contribution in [0.1, 0.15) is 56.1 Å². The molecule has 180 valence electrons. The summed E-state index contributed by atoms with van der Waals surface area (Å²) < 4.78 is 1.88. The van der Waals surface area contributed by atoms with E-state index < -0.39 is 0 Å². The Labute approximate surface area is 207 Å². The molecule has 4 aliphatic rings. The normalized spacial score (nSPS) is 25.7. The first kappa shape index (κ1) is 22.2. The lowest BCUT2D eigenvalue weighted by molar-refractivity contribution is -0.122. The van der Waals surface area contributed by atoms with Gasteiger partial charge in [-0.2, -0.15) is 5.10 Å². The second kappa shape index (κ2) is 9.08. The van der Waals surface area contributed by atoms with Crippen molar-refractivity contribution in [2.24, 2.45) is 5.92 Å². The van der Waals surface area contributed by atoms with Crippen molar-refractivity contribution in [2.75, 3.05) is 13.1 Å². The number of aryl methyl sites for hydroxylation is 2. The van der Waals surface area contributed by atoms with Crippen LogP contribution >= 0.6 is 0 Å². The molecule has 0 aromatic carbocycles. The van der Waals surface area contributed by atoms with Gasteiger partial charge in [0.15, 0.2) is 0 Å². The van der Waals surface area contributed by atoms with Crippen LogP contribution in [0, 0.1) is 12.8 Å². The van der Waals surface area contributed by atoms with Gasteiger partial charge in [-0.25, -0.2) is 4.52 Å². The summed E-state index contributed by atoms with van der Waals surface area (Å²) in [7, 11) is 0. The number of carbonyl (C=O) groups excluding carboxylic acids is 1. The van der Waals surface area contributed by atoms with Crippen molar-refractivity contribution in [3.63, 3.8) is 0 Å². The van der Waals surface area contributed by atoms with Gasteiger partial charge in [0.2, 0.25) is 0 Å². The number of fused-ring (bicyclic) bond motifs is 2. The maximum atomic E-state index is 13.4. The Hall–Kier alpha value is -3.25. The van der Waals surface area contributed by atoms with E-state index in [4.69, 9.17) is 5.10 Å². The first-order chi connectivity index (χ1) is 17.1. The molecule has 1 aliphatic carbocycles. The molecule has 0 spiro atoms.